The van der Waals surface area contributed by atoms with Crippen LogP contribution in [0.25, 0.3) is 10.8 Å². The fourth-order valence-electron chi connectivity index (χ4n) is 1.85. The number of aryl methyl sites for hydroxylation is 1. The Bertz CT molecular complexity index is 547. The predicted molar refractivity (Wildman–Crippen MR) is 74.5 cm³/mol. The van der Waals surface area contributed by atoms with E-state index in [1.807, 2.05) is 51.1 Å². The fraction of sp³-hybridized carbons (Fsp3) is 0.250. The highest BCUT2D eigenvalue weighted by molar-refractivity contribution is 5.92. The summed E-state index contributed by atoms with van der Waals surface area (Å²) in [6.45, 7) is 6.05. The van der Waals surface area contributed by atoms with E-state index in [0.717, 1.165) is 27.6 Å². The first-order chi connectivity index (χ1) is 8.26. The third-order valence-electron chi connectivity index (χ3n) is 2.54. The SMILES string of the molecule is C#Cc1cccc2cc(OC)cc(C)c12.CC. The number of rotatable bonds is 1. The Kier molecular flexibility index (Phi) is 4.60. The van der Waals surface area contributed by atoms with Crippen LogP contribution >= 0.6 is 0 Å². The highest BCUT2D eigenvalue weighted by Gasteiger charge is 2.04. The number of terminal acetylenes is 1. The summed E-state index contributed by atoms with van der Waals surface area (Å²) in [4.78, 5) is 0. The van der Waals surface area contributed by atoms with Crippen molar-refractivity contribution in [3.63, 3.8) is 0 Å². The standard InChI is InChI=1S/C14H12O.C2H6/c1-4-11-6-5-7-12-9-13(15-3)8-10(2)14(11)12;1-2/h1,5-9H,2-3H3;1-2H3. The summed E-state index contributed by atoms with van der Waals surface area (Å²) in [6.07, 6.45) is 5.47. The molecule has 2 rings (SSSR count). The number of ether oxygens (including phenoxy) is 1. The molecular weight excluding hydrogens is 208 g/mol. The summed E-state index contributed by atoms with van der Waals surface area (Å²) in [6, 6.07) is 9.98. The van der Waals surface area contributed by atoms with Crippen LogP contribution in [0.2, 0.25) is 0 Å². The number of hydrogen-bond acceptors (Lipinski definition) is 1. The molecule has 0 amide bonds. The minimum Gasteiger partial charge on any atom is -0.497 e. The van der Waals surface area contributed by atoms with Gasteiger partial charge in [-0.1, -0.05) is 31.9 Å². The highest BCUT2D eigenvalue weighted by atomic mass is 16.5. The second-order valence-corrected chi connectivity index (χ2v) is 3.49. The molecule has 17 heavy (non-hydrogen) atoms. The molecule has 0 aliphatic carbocycles. The zero-order valence-corrected chi connectivity index (χ0v) is 10.9. The maximum atomic E-state index is 5.47. The summed E-state index contributed by atoms with van der Waals surface area (Å²) >= 11 is 0. The molecule has 2 aromatic carbocycles. The van der Waals surface area contributed by atoms with E-state index in [1.165, 1.54) is 0 Å². The van der Waals surface area contributed by atoms with Crippen LogP contribution in [0.5, 0.6) is 5.75 Å². The third-order valence-corrected chi connectivity index (χ3v) is 2.54. The van der Waals surface area contributed by atoms with Gasteiger partial charge >= 0.3 is 0 Å². The average molecular weight is 226 g/mol. The van der Waals surface area contributed by atoms with E-state index in [4.69, 9.17) is 11.2 Å². The first-order valence-corrected chi connectivity index (χ1v) is 5.80. The third kappa shape index (κ3) is 2.60. The monoisotopic (exact) mass is 226 g/mol. The van der Waals surface area contributed by atoms with Crippen LogP contribution in [0.15, 0.2) is 30.3 Å². The lowest BCUT2D eigenvalue weighted by Gasteiger charge is -2.07. The van der Waals surface area contributed by atoms with Crippen molar-refractivity contribution in [2.75, 3.05) is 7.11 Å². The zero-order chi connectivity index (χ0) is 12.8. The molecule has 0 radical (unpaired) electrons. The van der Waals surface area contributed by atoms with Crippen molar-refractivity contribution in [3.05, 3.63) is 41.5 Å². The molecule has 1 heteroatoms. The highest BCUT2D eigenvalue weighted by Crippen LogP contribution is 2.27. The van der Waals surface area contributed by atoms with E-state index in [-0.39, 0.29) is 0 Å². The Labute approximate surface area is 103 Å². The molecule has 0 saturated heterocycles. The Morgan fingerprint density at radius 3 is 2.47 bits per heavy atom. The second-order valence-electron chi connectivity index (χ2n) is 3.49. The fourth-order valence-corrected chi connectivity index (χ4v) is 1.85. The van der Waals surface area contributed by atoms with Crippen LogP contribution in [-0.4, -0.2) is 7.11 Å². The Balaban J connectivity index is 0.000000686. The molecule has 0 aliphatic heterocycles. The van der Waals surface area contributed by atoms with Crippen molar-refractivity contribution in [3.8, 4) is 18.1 Å². The van der Waals surface area contributed by atoms with Gasteiger partial charge in [-0.05, 0) is 36.1 Å². The van der Waals surface area contributed by atoms with Crippen LogP contribution in [-0.2, 0) is 0 Å². The van der Waals surface area contributed by atoms with E-state index in [1.54, 1.807) is 7.11 Å². The van der Waals surface area contributed by atoms with Gasteiger partial charge in [0.05, 0.1) is 7.11 Å². The topological polar surface area (TPSA) is 9.23 Å². The van der Waals surface area contributed by atoms with Crippen molar-refractivity contribution in [1.82, 2.24) is 0 Å². The molecule has 0 N–H and O–H groups in total. The predicted octanol–water partition coefficient (Wildman–Crippen LogP) is 4.16. The van der Waals surface area contributed by atoms with Gasteiger partial charge < -0.3 is 4.74 Å². The van der Waals surface area contributed by atoms with Gasteiger partial charge in [0.25, 0.3) is 0 Å². The molecule has 0 aliphatic rings. The van der Waals surface area contributed by atoms with Gasteiger partial charge in [0.1, 0.15) is 5.75 Å². The Morgan fingerprint density at radius 2 is 1.88 bits per heavy atom. The van der Waals surface area contributed by atoms with E-state index >= 15 is 0 Å². The molecule has 88 valence electrons. The largest absolute Gasteiger partial charge is 0.497 e. The number of fused-ring (bicyclic) bond motifs is 1. The molecule has 0 fully saturated rings. The van der Waals surface area contributed by atoms with Crippen LogP contribution in [0.3, 0.4) is 0 Å². The van der Waals surface area contributed by atoms with Crippen molar-refractivity contribution in [2.24, 2.45) is 0 Å². The maximum absolute atomic E-state index is 5.47. The summed E-state index contributed by atoms with van der Waals surface area (Å²) in [7, 11) is 1.67. The minimum absolute atomic E-state index is 0.870. The van der Waals surface area contributed by atoms with E-state index < -0.39 is 0 Å². The van der Waals surface area contributed by atoms with Crippen LogP contribution in [0.1, 0.15) is 25.0 Å². The molecular formula is C16H18O. The van der Waals surface area contributed by atoms with E-state index in [0.29, 0.717) is 0 Å². The lowest BCUT2D eigenvalue weighted by Crippen LogP contribution is -1.88. The molecule has 0 spiro atoms. The van der Waals surface area contributed by atoms with Crippen molar-refractivity contribution in [2.45, 2.75) is 20.8 Å². The summed E-state index contributed by atoms with van der Waals surface area (Å²) in [5, 5.41) is 2.27. The second kappa shape index (κ2) is 5.96. The van der Waals surface area contributed by atoms with Gasteiger partial charge in [-0.2, -0.15) is 0 Å². The molecule has 0 heterocycles. The van der Waals surface area contributed by atoms with Gasteiger partial charge in [-0.15, -0.1) is 6.42 Å². The smallest absolute Gasteiger partial charge is 0.119 e. The average Bonchev–Trinajstić information content (AvgIpc) is 2.40. The van der Waals surface area contributed by atoms with Crippen LogP contribution in [0.4, 0.5) is 0 Å². The van der Waals surface area contributed by atoms with Gasteiger partial charge in [-0.25, -0.2) is 0 Å². The molecule has 0 aromatic heterocycles. The summed E-state index contributed by atoms with van der Waals surface area (Å²) in [5.74, 6) is 3.58. The van der Waals surface area contributed by atoms with Crippen LogP contribution in [0, 0.1) is 19.3 Å². The molecule has 1 nitrogen and oxygen atoms in total. The van der Waals surface area contributed by atoms with E-state index in [9.17, 15) is 0 Å². The molecule has 0 bridgehead atoms. The number of benzene rings is 2. The molecule has 2 aromatic rings. The van der Waals surface area contributed by atoms with Crippen LogP contribution < -0.4 is 4.74 Å². The van der Waals surface area contributed by atoms with Crippen molar-refractivity contribution >= 4 is 10.8 Å². The van der Waals surface area contributed by atoms with Gasteiger partial charge in [0, 0.05) is 10.9 Å². The Morgan fingerprint density at radius 1 is 1.18 bits per heavy atom. The summed E-state index contributed by atoms with van der Waals surface area (Å²) in [5.41, 5.74) is 2.09. The van der Waals surface area contributed by atoms with Gasteiger partial charge in [0.2, 0.25) is 0 Å². The summed E-state index contributed by atoms with van der Waals surface area (Å²) < 4.78 is 5.22. The lowest BCUT2D eigenvalue weighted by atomic mass is 10.00. The number of hydrogen-bond donors (Lipinski definition) is 0. The first kappa shape index (κ1) is 13.1. The maximum Gasteiger partial charge on any atom is 0.119 e. The number of methoxy groups -OCH3 is 1. The van der Waals surface area contributed by atoms with Crippen molar-refractivity contribution in [1.29, 1.82) is 0 Å². The lowest BCUT2D eigenvalue weighted by molar-refractivity contribution is 0.415. The van der Waals surface area contributed by atoms with Crippen molar-refractivity contribution < 1.29 is 4.74 Å². The Hall–Kier alpha value is -1.94. The zero-order valence-electron chi connectivity index (χ0n) is 10.9. The molecule has 0 unspecified atom stereocenters. The van der Waals surface area contributed by atoms with Gasteiger partial charge in [0.15, 0.2) is 0 Å². The first-order valence-electron chi connectivity index (χ1n) is 5.80. The molecule has 0 atom stereocenters. The van der Waals surface area contributed by atoms with E-state index in [2.05, 4.69) is 5.92 Å². The minimum atomic E-state index is 0.870. The normalized spacial score (nSPS) is 9.12. The quantitative estimate of drug-likeness (QED) is 0.663. The molecule has 0 saturated carbocycles. The van der Waals surface area contributed by atoms with Gasteiger partial charge in [-0.3, -0.25) is 0 Å².